The molecule has 0 saturated heterocycles. The van der Waals surface area contributed by atoms with Crippen LogP contribution in [-0.2, 0) is 0 Å². The summed E-state index contributed by atoms with van der Waals surface area (Å²) in [4.78, 5) is 0. The van der Waals surface area contributed by atoms with Crippen LogP contribution in [0, 0.1) is 46.3 Å². The van der Waals surface area contributed by atoms with Crippen molar-refractivity contribution in [3.63, 3.8) is 0 Å². The number of hydrogen-bond donors (Lipinski definition) is 3. The summed E-state index contributed by atoms with van der Waals surface area (Å²) in [5, 5.41) is 9.77. The average Bonchev–Trinajstić information content (AvgIpc) is 2.93. The van der Waals surface area contributed by atoms with Crippen LogP contribution in [0.5, 0.6) is 0 Å². The highest BCUT2D eigenvalue weighted by Crippen LogP contribution is 2.67. The van der Waals surface area contributed by atoms with E-state index in [1.165, 1.54) is 51.4 Å². The van der Waals surface area contributed by atoms with Gasteiger partial charge in [-0.05, 0) is 97.7 Å². The van der Waals surface area contributed by atoms with Crippen LogP contribution < -0.4 is 11.5 Å². The van der Waals surface area contributed by atoms with Crippen molar-refractivity contribution >= 4 is 0 Å². The zero-order valence-corrected chi connectivity index (χ0v) is 16.6. The van der Waals surface area contributed by atoms with Crippen LogP contribution >= 0.6 is 0 Å². The Bertz CT molecular complexity index is 510. The second kappa shape index (κ2) is 6.21. The Hall–Kier alpha value is -0.120. The molecule has 4 saturated carbocycles. The summed E-state index contributed by atoms with van der Waals surface area (Å²) < 4.78 is 0. The minimum absolute atomic E-state index is 0.338. The van der Waals surface area contributed by atoms with Crippen LogP contribution in [0.4, 0.5) is 0 Å². The third-order valence-electron chi connectivity index (χ3n) is 9.85. The Labute approximate surface area is 154 Å². The quantitative estimate of drug-likeness (QED) is 0.715. The Morgan fingerprint density at radius 1 is 0.960 bits per heavy atom. The van der Waals surface area contributed by atoms with Crippen molar-refractivity contribution in [3.8, 4) is 0 Å². The van der Waals surface area contributed by atoms with Crippen LogP contribution in [0.3, 0.4) is 0 Å². The van der Waals surface area contributed by atoms with Gasteiger partial charge < -0.3 is 16.6 Å². The van der Waals surface area contributed by atoms with E-state index in [0.717, 1.165) is 17.8 Å². The first-order chi connectivity index (χ1) is 11.8. The number of nitrogens with two attached hydrogens (primary N) is 2. The van der Waals surface area contributed by atoms with Gasteiger partial charge in [-0.3, -0.25) is 0 Å². The summed E-state index contributed by atoms with van der Waals surface area (Å²) in [7, 11) is 0. The first-order valence-corrected chi connectivity index (χ1v) is 10.9. The zero-order chi connectivity index (χ0) is 18.0. The zero-order valence-electron chi connectivity index (χ0n) is 16.6. The molecule has 3 heteroatoms. The molecule has 0 heterocycles. The molecule has 5 N–H and O–H groups in total. The van der Waals surface area contributed by atoms with Crippen LogP contribution in [0.1, 0.15) is 72.1 Å². The smallest absolute Gasteiger partial charge is 0.0459 e. The van der Waals surface area contributed by atoms with Crippen molar-refractivity contribution < 1.29 is 5.11 Å². The Kier molecular flexibility index (Phi) is 4.53. The molecule has 0 bridgehead atoms. The second-order valence-corrected chi connectivity index (χ2v) is 10.8. The van der Waals surface area contributed by atoms with Gasteiger partial charge in [-0.1, -0.05) is 20.8 Å². The first kappa shape index (κ1) is 18.3. The van der Waals surface area contributed by atoms with Gasteiger partial charge in [0.25, 0.3) is 0 Å². The number of aliphatic hydroxyl groups excluding tert-OH is 1. The van der Waals surface area contributed by atoms with Gasteiger partial charge in [0.2, 0.25) is 0 Å². The average molecular weight is 349 g/mol. The summed E-state index contributed by atoms with van der Waals surface area (Å²) in [5.74, 6) is 4.13. The molecule has 4 aliphatic carbocycles. The third-order valence-corrected chi connectivity index (χ3v) is 9.85. The van der Waals surface area contributed by atoms with Crippen molar-refractivity contribution in [1.29, 1.82) is 0 Å². The standard InChI is InChI=1S/C22H40N2O/c1-13(12-25)16-4-5-17-20-18(7-9-22(16,17)3)21(2)8-6-15(23)10-14(21)11-19(20)24/h13-20,25H,4-12,23-24H2,1-3H3/t13-,14-,15-,16?,17?,18?,19-,20?,21+,22-/m1/s1. The maximum Gasteiger partial charge on any atom is 0.0459 e. The molecule has 0 amide bonds. The molecule has 0 spiro atoms. The summed E-state index contributed by atoms with van der Waals surface area (Å²) in [6.07, 6.45) is 10.2. The van der Waals surface area contributed by atoms with E-state index in [4.69, 9.17) is 11.5 Å². The van der Waals surface area contributed by atoms with Crippen molar-refractivity contribution in [2.24, 2.45) is 57.8 Å². The van der Waals surface area contributed by atoms with Gasteiger partial charge in [0, 0.05) is 18.7 Å². The topological polar surface area (TPSA) is 72.3 Å². The van der Waals surface area contributed by atoms with E-state index in [9.17, 15) is 5.11 Å². The molecule has 3 nitrogen and oxygen atoms in total. The molecule has 4 fully saturated rings. The predicted octanol–water partition coefficient (Wildman–Crippen LogP) is 3.54. The van der Waals surface area contributed by atoms with E-state index >= 15 is 0 Å². The minimum atomic E-state index is 0.338. The summed E-state index contributed by atoms with van der Waals surface area (Å²) in [5.41, 5.74) is 14.1. The molecule has 0 aromatic rings. The van der Waals surface area contributed by atoms with E-state index in [2.05, 4.69) is 20.8 Å². The molecule has 0 radical (unpaired) electrons. The highest BCUT2D eigenvalue weighted by atomic mass is 16.3. The lowest BCUT2D eigenvalue weighted by Gasteiger charge is -2.63. The van der Waals surface area contributed by atoms with E-state index in [-0.39, 0.29) is 0 Å². The molecule has 4 unspecified atom stereocenters. The lowest BCUT2D eigenvalue weighted by atomic mass is 9.43. The van der Waals surface area contributed by atoms with Gasteiger partial charge in [0.05, 0.1) is 0 Å². The molecule has 0 aromatic heterocycles. The third kappa shape index (κ3) is 2.56. The molecule has 10 atom stereocenters. The largest absolute Gasteiger partial charge is 0.396 e. The summed E-state index contributed by atoms with van der Waals surface area (Å²) in [6, 6.07) is 0.762. The molecular weight excluding hydrogens is 308 g/mol. The van der Waals surface area contributed by atoms with Crippen molar-refractivity contribution in [2.75, 3.05) is 6.61 Å². The lowest BCUT2D eigenvalue weighted by Crippen LogP contribution is -2.61. The normalized spacial score (nSPS) is 56.6. The molecule has 25 heavy (non-hydrogen) atoms. The molecule has 144 valence electrons. The fourth-order valence-corrected chi connectivity index (χ4v) is 8.46. The van der Waals surface area contributed by atoms with Crippen LogP contribution in [-0.4, -0.2) is 23.8 Å². The van der Waals surface area contributed by atoms with E-state index in [0.29, 0.717) is 47.3 Å². The molecule has 4 rings (SSSR count). The fraction of sp³-hybridized carbons (Fsp3) is 1.00. The molecule has 4 aliphatic rings. The van der Waals surface area contributed by atoms with Crippen molar-refractivity contribution in [3.05, 3.63) is 0 Å². The monoisotopic (exact) mass is 348 g/mol. The summed E-state index contributed by atoms with van der Waals surface area (Å²) in [6.45, 7) is 7.71. The van der Waals surface area contributed by atoms with Gasteiger partial charge in [-0.15, -0.1) is 0 Å². The Morgan fingerprint density at radius 2 is 1.64 bits per heavy atom. The van der Waals surface area contributed by atoms with Crippen LogP contribution in [0.15, 0.2) is 0 Å². The Morgan fingerprint density at radius 3 is 2.36 bits per heavy atom. The van der Waals surface area contributed by atoms with E-state index < -0.39 is 0 Å². The highest BCUT2D eigenvalue weighted by Gasteiger charge is 2.62. The van der Waals surface area contributed by atoms with Gasteiger partial charge in [0.15, 0.2) is 0 Å². The van der Waals surface area contributed by atoms with Gasteiger partial charge in [-0.2, -0.15) is 0 Å². The SMILES string of the molecule is C[C@H](CO)C1CCC2C3C(CC[C@@]21C)[C@@]1(C)CC[C@@H](N)C[C@@H]1C[C@H]3N. The Balaban J connectivity index is 1.63. The number of aliphatic hydroxyl groups is 1. The van der Waals surface area contributed by atoms with Gasteiger partial charge in [0.1, 0.15) is 0 Å². The maximum atomic E-state index is 9.77. The molecule has 0 aliphatic heterocycles. The number of hydrogen-bond acceptors (Lipinski definition) is 3. The van der Waals surface area contributed by atoms with Crippen molar-refractivity contribution in [1.82, 2.24) is 0 Å². The summed E-state index contributed by atoms with van der Waals surface area (Å²) >= 11 is 0. The number of fused-ring (bicyclic) bond motifs is 5. The van der Waals surface area contributed by atoms with E-state index in [1.807, 2.05) is 0 Å². The van der Waals surface area contributed by atoms with Gasteiger partial charge in [-0.25, -0.2) is 0 Å². The second-order valence-electron chi connectivity index (χ2n) is 10.8. The lowest BCUT2D eigenvalue weighted by molar-refractivity contribution is -0.125. The maximum absolute atomic E-state index is 9.77. The first-order valence-electron chi connectivity index (χ1n) is 10.9. The molecule has 0 aromatic carbocycles. The van der Waals surface area contributed by atoms with E-state index in [1.54, 1.807) is 0 Å². The van der Waals surface area contributed by atoms with Crippen molar-refractivity contribution in [2.45, 2.75) is 84.2 Å². The number of rotatable bonds is 2. The van der Waals surface area contributed by atoms with Crippen LogP contribution in [0.2, 0.25) is 0 Å². The van der Waals surface area contributed by atoms with Gasteiger partial charge >= 0.3 is 0 Å². The van der Waals surface area contributed by atoms with Crippen LogP contribution in [0.25, 0.3) is 0 Å². The highest BCUT2D eigenvalue weighted by molar-refractivity contribution is 5.12. The minimum Gasteiger partial charge on any atom is -0.396 e. The molecular formula is C22H40N2O. The fourth-order valence-electron chi connectivity index (χ4n) is 8.46. The predicted molar refractivity (Wildman–Crippen MR) is 103 cm³/mol.